The molecule has 0 aromatic rings. The van der Waals surface area contributed by atoms with Crippen molar-refractivity contribution in [1.82, 2.24) is 0 Å². The fraction of sp³-hybridized carbons (Fsp3) is 1.00. The van der Waals surface area contributed by atoms with Crippen molar-refractivity contribution >= 4 is 11.8 Å². The summed E-state index contributed by atoms with van der Waals surface area (Å²) in [6.07, 6.45) is 19.9. The van der Waals surface area contributed by atoms with Gasteiger partial charge in [0.15, 0.2) is 0 Å². The summed E-state index contributed by atoms with van der Waals surface area (Å²) in [5.74, 6) is 2.58. The summed E-state index contributed by atoms with van der Waals surface area (Å²) >= 11 is 1.97. The Bertz CT molecular complexity index is 224. The van der Waals surface area contributed by atoms with Crippen LogP contribution < -0.4 is 0 Å². The zero-order valence-corrected chi connectivity index (χ0v) is 17.4. The van der Waals surface area contributed by atoms with Crippen LogP contribution in [-0.2, 0) is 4.74 Å². The van der Waals surface area contributed by atoms with Crippen molar-refractivity contribution in [3.63, 3.8) is 0 Å². The first-order valence-corrected chi connectivity index (χ1v) is 11.7. The topological polar surface area (TPSA) is 29.5 Å². The minimum Gasteiger partial charge on any atom is -0.396 e. The minimum absolute atomic E-state index is 0.250. The number of aliphatic hydroxyl groups is 1. The van der Waals surface area contributed by atoms with E-state index in [2.05, 4.69) is 6.92 Å². The average molecular weight is 361 g/mol. The molecule has 0 aliphatic carbocycles. The quantitative estimate of drug-likeness (QED) is 0.253. The zero-order chi connectivity index (χ0) is 17.7. The van der Waals surface area contributed by atoms with E-state index < -0.39 is 0 Å². The van der Waals surface area contributed by atoms with Crippen LogP contribution in [0.5, 0.6) is 0 Å². The van der Waals surface area contributed by atoms with Crippen LogP contribution >= 0.6 is 11.8 Å². The number of hydrogen-bond donors (Lipinski definition) is 1. The Kier molecular flexibility index (Phi) is 21.6. The van der Waals surface area contributed by atoms with Crippen LogP contribution in [0.3, 0.4) is 0 Å². The summed E-state index contributed by atoms with van der Waals surface area (Å²) in [6.45, 7) is 3.22. The van der Waals surface area contributed by atoms with Crippen LogP contribution in [0.15, 0.2) is 0 Å². The fourth-order valence-corrected chi connectivity index (χ4v) is 4.15. The third kappa shape index (κ3) is 18.6. The summed E-state index contributed by atoms with van der Waals surface area (Å²) in [5, 5.41) is 9.19. The maximum Gasteiger partial charge on any atom is 0.0520 e. The Morgan fingerprint density at radius 3 is 1.62 bits per heavy atom. The number of hydrogen-bond acceptors (Lipinski definition) is 3. The summed E-state index contributed by atoms with van der Waals surface area (Å²) in [7, 11) is 1.71. The summed E-state index contributed by atoms with van der Waals surface area (Å²) in [6, 6.07) is 0. The Hall–Kier alpha value is 0.270. The molecular formula is C21H44O2S. The van der Waals surface area contributed by atoms with Gasteiger partial charge in [-0.2, -0.15) is 11.8 Å². The standard InChI is InChI=1S/C21H44O2S/c1-3-4-5-6-7-8-9-10-11-12-13-14-15-16-17-24-20-21(18-22)19-23-2/h21-22H,3-20H2,1-2H3. The molecule has 0 aromatic heterocycles. The van der Waals surface area contributed by atoms with Gasteiger partial charge >= 0.3 is 0 Å². The molecule has 0 saturated heterocycles. The van der Waals surface area contributed by atoms with Crippen LogP contribution in [0.25, 0.3) is 0 Å². The second-order valence-electron chi connectivity index (χ2n) is 7.18. The number of rotatable bonds is 20. The predicted octanol–water partition coefficient (Wildman–Crippen LogP) is 6.46. The van der Waals surface area contributed by atoms with Crippen LogP contribution in [0.4, 0.5) is 0 Å². The van der Waals surface area contributed by atoms with Crippen molar-refractivity contribution in [3.05, 3.63) is 0 Å². The highest BCUT2D eigenvalue weighted by atomic mass is 32.2. The lowest BCUT2D eigenvalue weighted by molar-refractivity contribution is 0.121. The Morgan fingerprint density at radius 1 is 0.750 bits per heavy atom. The smallest absolute Gasteiger partial charge is 0.0520 e. The van der Waals surface area contributed by atoms with E-state index in [0.717, 1.165) is 5.75 Å². The van der Waals surface area contributed by atoms with E-state index in [4.69, 9.17) is 4.74 Å². The number of methoxy groups -OCH3 is 1. The molecule has 1 unspecified atom stereocenters. The first kappa shape index (κ1) is 24.3. The predicted molar refractivity (Wildman–Crippen MR) is 110 cm³/mol. The SMILES string of the molecule is CCCCCCCCCCCCCCCCSCC(CO)COC. The van der Waals surface area contributed by atoms with Crippen LogP contribution in [0, 0.1) is 5.92 Å². The molecule has 0 bridgehead atoms. The number of unbranched alkanes of at least 4 members (excludes halogenated alkanes) is 13. The normalized spacial score (nSPS) is 12.6. The molecule has 1 N–H and O–H groups in total. The Morgan fingerprint density at radius 2 is 1.21 bits per heavy atom. The molecule has 0 aliphatic heterocycles. The molecule has 0 rings (SSSR count). The van der Waals surface area contributed by atoms with Gasteiger partial charge in [0, 0.05) is 25.4 Å². The highest BCUT2D eigenvalue weighted by Crippen LogP contribution is 2.15. The number of ether oxygens (including phenoxy) is 1. The lowest BCUT2D eigenvalue weighted by Crippen LogP contribution is -2.15. The lowest BCUT2D eigenvalue weighted by atomic mass is 10.0. The third-order valence-electron chi connectivity index (χ3n) is 4.66. The Balaban J connectivity index is 3.07. The van der Waals surface area contributed by atoms with Crippen LogP contribution in [-0.4, -0.2) is 36.9 Å². The molecule has 0 amide bonds. The average Bonchev–Trinajstić information content (AvgIpc) is 2.60. The molecule has 0 saturated carbocycles. The highest BCUT2D eigenvalue weighted by molar-refractivity contribution is 7.99. The second kappa shape index (κ2) is 21.3. The first-order chi connectivity index (χ1) is 11.8. The van der Waals surface area contributed by atoms with Gasteiger partial charge in [-0.15, -0.1) is 0 Å². The maximum atomic E-state index is 9.19. The minimum atomic E-state index is 0.250. The molecule has 1 atom stereocenters. The third-order valence-corrected chi connectivity index (χ3v) is 5.94. The molecule has 0 aliphatic rings. The molecule has 3 heteroatoms. The van der Waals surface area contributed by atoms with Gasteiger partial charge in [0.2, 0.25) is 0 Å². The van der Waals surface area contributed by atoms with Gasteiger partial charge in [-0.3, -0.25) is 0 Å². The van der Waals surface area contributed by atoms with Gasteiger partial charge in [-0.05, 0) is 12.2 Å². The van der Waals surface area contributed by atoms with Crippen molar-refractivity contribution in [1.29, 1.82) is 0 Å². The van der Waals surface area contributed by atoms with E-state index in [1.807, 2.05) is 11.8 Å². The molecule has 24 heavy (non-hydrogen) atoms. The van der Waals surface area contributed by atoms with E-state index in [1.54, 1.807) is 7.11 Å². The number of thioether (sulfide) groups is 1. The molecular weight excluding hydrogens is 316 g/mol. The molecule has 146 valence electrons. The van der Waals surface area contributed by atoms with Gasteiger partial charge in [0.25, 0.3) is 0 Å². The van der Waals surface area contributed by atoms with Crippen molar-refractivity contribution in [2.24, 2.45) is 5.92 Å². The molecule has 0 fully saturated rings. The van der Waals surface area contributed by atoms with Crippen LogP contribution in [0.2, 0.25) is 0 Å². The van der Waals surface area contributed by atoms with Crippen molar-refractivity contribution in [2.75, 3.05) is 31.8 Å². The number of aliphatic hydroxyl groups excluding tert-OH is 1. The van der Waals surface area contributed by atoms with E-state index in [-0.39, 0.29) is 6.61 Å². The van der Waals surface area contributed by atoms with Crippen molar-refractivity contribution in [2.45, 2.75) is 96.8 Å². The highest BCUT2D eigenvalue weighted by Gasteiger charge is 2.06. The van der Waals surface area contributed by atoms with Crippen LogP contribution in [0.1, 0.15) is 96.8 Å². The van der Waals surface area contributed by atoms with E-state index in [0.29, 0.717) is 12.5 Å². The lowest BCUT2D eigenvalue weighted by Gasteiger charge is -2.12. The second-order valence-corrected chi connectivity index (χ2v) is 8.32. The Labute approximate surface area is 156 Å². The van der Waals surface area contributed by atoms with Gasteiger partial charge in [0.1, 0.15) is 0 Å². The van der Waals surface area contributed by atoms with Gasteiger partial charge in [0.05, 0.1) is 6.61 Å². The molecule has 2 nitrogen and oxygen atoms in total. The van der Waals surface area contributed by atoms with E-state index >= 15 is 0 Å². The van der Waals surface area contributed by atoms with E-state index in [1.165, 1.54) is 95.6 Å². The first-order valence-electron chi connectivity index (χ1n) is 10.5. The van der Waals surface area contributed by atoms with Gasteiger partial charge in [-0.25, -0.2) is 0 Å². The molecule has 0 radical (unpaired) electrons. The molecule has 0 aromatic carbocycles. The monoisotopic (exact) mass is 360 g/mol. The molecule has 0 spiro atoms. The largest absolute Gasteiger partial charge is 0.396 e. The zero-order valence-electron chi connectivity index (χ0n) is 16.6. The van der Waals surface area contributed by atoms with Gasteiger partial charge in [-0.1, -0.05) is 90.4 Å². The van der Waals surface area contributed by atoms with Crippen molar-refractivity contribution in [3.8, 4) is 0 Å². The summed E-state index contributed by atoms with van der Waals surface area (Å²) < 4.78 is 5.10. The van der Waals surface area contributed by atoms with E-state index in [9.17, 15) is 5.11 Å². The summed E-state index contributed by atoms with van der Waals surface area (Å²) in [5.41, 5.74) is 0. The maximum absolute atomic E-state index is 9.19. The summed E-state index contributed by atoms with van der Waals surface area (Å²) in [4.78, 5) is 0. The van der Waals surface area contributed by atoms with Gasteiger partial charge < -0.3 is 9.84 Å². The fourth-order valence-electron chi connectivity index (χ4n) is 3.04. The van der Waals surface area contributed by atoms with Crippen molar-refractivity contribution < 1.29 is 9.84 Å². The molecule has 0 heterocycles.